The van der Waals surface area contributed by atoms with E-state index in [1.807, 2.05) is 36.4 Å². The molecule has 152 valence electrons. The summed E-state index contributed by atoms with van der Waals surface area (Å²) in [4.78, 5) is 17.4. The van der Waals surface area contributed by atoms with Gasteiger partial charge in [0.25, 0.3) is 0 Å². The van der Waals surface area contributed by atoms with Crippen LogP contribution in [-0.4, -0.2) is 34.9 Å². The molecule has 1 fully saturated rings. The molecule has 1 unspecified atom stereocenters. The molecule has 1 atom stereocenters. The van der Waals surface area contributed by atoms with E-state index in [2.05, 4.69) is 27.0 Å². The molecule has 7 heteroatoms. The van der Waals surface area contributed by atoms with Crippen molar-refractivity contribution in [2.75, 3.05) is 19.5 Å². The van der Waals surface area contributed by atoms with Gasteiger partial charge in [-0.05, 0) is 42.5 Å². The zero-order chi connectivity index (χ0) is 20.2. The molecule has 1 saturated carbocycles. The van der Waals surface area contributed by atoms with Crippen LogP contribution in [0.15, 0.2) is 53.7 Å². The minimum Gasteiger partial charge on any atom is -0.383 e. The highest BCUT2D eigenvalue weighted by atomic mass is 35.5. The van der Waals surface area contributed by atoms with Gasteiger partial charge in [-0.1, -0.05) is 53.7 Å². The Morgan fingerprint density at radius 3 is 2.83 bits per heavy atom. The van der Waals surface area contributed by atoms with Crippen molar-refractivity contribution in [1.29, 1.82) is 0 Å². The third-order valence-corrected chi connectivity index (χ3v) is 6.31. The van der Waals surface area contributed by atoms with E-state index in [4.69, 9.17) is 16.3 Å². The number of thioether (sulfide) groups is 1. The molecule has 1 aliphatic rings. The van der Waals surface area contributed by atoms with E-state index in [0.717, 1.165) is 16.2 Å². The Morgan fingerprint density at radius 2 is 2.10 bits per heavy atom. The predicted octanol–water partition coefficient (Wildman–Crippen LogP) is 4.70. The fraction of sp³-hybridized carbons (Fsp3) is 0.364. The Balaban J connectivity index is 1.46. The second-order valence-electron chi connectivity index (χ2n) is 7.25. The number of rotatable bonds is 9. The average molecular weight is 430 g/mol. The maximum atomic E-state index is 12.7. The molecule has 1 N–H and O–H groups in total. The Hall–Kier alpha value is -2.02. The topological polar surface area (TPSA) is 56.1 Å². The zero-order valence-corrected chi connectivity index (χ0v) is 17.9. The molecular weight excluding hydrogens is 406 g/mol. The van der Waals surface area contributed by atoms with Crippen LogP contribution in [0.2, 0.25) is 5.02 Å². The van der Waals surface area contributed by atoms with Crippen molar-refractivity contribution >= 4 is 40.3 Å². The van der Waals surface area contributed by atoms with Gasteiger partial charge in [0, 0.05) is 18.7 Å². The average Bonchev–Trinajstić information content (AvgIpc) is 3.51. The van der Waals surface area contributed by atoms with Gasteiger partial charge in [-0.25, -0.2) is 4.98 Å². The summed E-state index contributed by atoms with van der Waals surface area (Å²) in [6.07, 6.45) is 2.33. The van der Waals surface area contributed by atoms with Crippen molar-refractivity contribution < 1.29 is 9.53 Å². The highest BCUT2D eigenvalue weighted by molar-refractivity contribution is 7.99. The minimum absolute atomic E-state index is 0.0270. The van der Waals surface area contributed by atoms with Crippen LogP contribution in [0.25, 0.3) is 11.0 Å². The second kappa shape index (κ2) is 9.20. The number of hydrogen-bond donors (Lipinski definition) is 1. The number of carbonyl (C=O) groups is 1. The summed E-state index contributed by atoms with van der Waals surface area (Å²) in [6, 6.07) is 16.0. The van der Waals surface area contributed by atoms with Gasteiger partial charge in [0.2, 0.25) is 5.91 Å². The maximum Gasteiger partial charge on any atom is 0.230 e. The number of imidazole rings is 1. The van der Waals surface area contributed by atoms with E-state index in [1.54, 1.807) is 7.11 Å². The first kappa shape index (κ1) is 20.3. The van der Waals surface area contributed by atoms with Gasteiger partial charge in [0.15, 0.2) is 5.16 Å². The standard InChI is InChI=1S/C22H24ClN3O2S/c1-28-12-11-26-19-10-9-17(23)13-18(19)24-22(26)29-14-20(27)25-21(16-7-8-16)15-5-3-2-4-6-15/h2-6,9-10,13,16,21H,7-8,11-12,14H2,1H3,(H,25,27). The van der Waals surface area contributed by atoms with Gasteiger partial charge in [-0.15, -0.1) is 0 Å². The lowest BCUT2D eigenvalue weighted by molar-refractivity contribution is -0.119. The number of benzene rings is 2. The van der Waals surface area contributed by atoms with E-state index in [0.29, 0.717) is 29.8 Å². The lowest BCUT2D eigenvalue weighted by Gasteiger charge is -2.18. The van der Waals surface area contributed by atoms with Crippen molar-refractivity contribution in [1.82, 2.24) is 14.9 Å². The number of carbonyl (C=O) groups excluding carboxylic acids is 1. The monoisotopic (exact) mass is 429 g/mol. The first-order valence-corrected chi connectivity index (χ1v) is 11.1. The van der Waals surface area contributed by atoms with Gasteiger partial charge in [-0.2, -0.15) is 0 Å². The predicted molar refractivity (Wildman–Crippen MR) is 117 cm³/mol. The van der Waals surface area contributed by atoms with E-state index in [9.17, 15) is 4.79 Å². The molecule has 4 rings (SSSR count). The molecule has 0 radical (unpaired) electrons. The summed E-state index contributed by atoms with van der Waals surface area (Å²) in [7, 11) is 1.68. The van der Waals surface area contributed by atoms with Gasteiger partial charge >= 0.3 is 0 Å². The third-order valence-electron chi connectivity index (χ3n) is 5.10. The van der Waals surface area contributed by atoms with Crippen LogP contribution >= 0.6 is 23.4 Å². The number of methoxy groups -OCH3 is 1. The summed E-state index contributed by atoms with van der Waals surface area (Å²) in [5.41, 5.74) is 3.00. The minimum atomic E-state index is 0.0270. The van der Waals surface area contributed by atoms with Crippen LogP contribution in [0.3, 0.4) is 0 Å². The smallest absolute Gasteiger partial charge is 0.230 e. The normalized spacial score (nSPS) is 14.8. The Labute approximate surface area is 179 Å². The number of hydrogen-bond acceptors (Lipinski definition) is 4. The van der Waals surface area contributed by atoms with Crippen LogP contribution in [-0.2, 0) is 16.1 Å². The summed E-state index contributed by atoms with van der Waals surface area (Å²) >= 11 is 7.57. The molecule has 2 aromatic carbocycles. The number of halogens is 1. The number of nitrogens with zero attached hydrogens (tertiary/aromatic N) is 2. The lowest BCUT2D eigenvalue weighted by atomic mass is 10.0. The third kappa shape index (κ3) is 4.94. The summed E-state index contributed by atoms with van der Waals surface area (Å²) in [5, 5.41) is 4.68. The van der Waals surface area contributed by atoms with Crippen LogP contribution in [0.5, 0.6) is 0 Å². The van der Waals surface area contributed by atoms with Crippen LogP contribution in [0.1, 0.15) is 24.4 Å². The molecule has 1 amide bonds. The van der Waals surface area contributed by atoms with Crippen molar-refractivity contribution in [3.05, 3.63) is 59.1 Å². The van der Waals surface area contributed by atoms with E-state index in [1.165, 1.54) is 30.2 Å². The Bertz CT molecular complexity index is 988. The molecule has 0 bridgehead atoms. The SMILES string of the molecule is COCCn1c(SCC(=O)NC(c2ccccc2)C2CC2)nc2cc(Cl)ccc21. The highest BCUT2D eigenvalue weighted by Gasteiger charge is 2.33. The first-order valence-electron chi connectivity index (χ1n) is 9.77. The number of fused-ring (bicyclic) bond motifs is 1. The van der Waals surface area contributed by atoms with Gasteiger partial charge in [0.1, 0.15) is 0 Å². The molecule has 0 aliphatic heterocycles. The number of ether oxygens (including phenoxy) is 1. The summed E-state index contributed by atoms with van der Waals surface area (Å²) in [5.74, 6) is 0.888. The van der Waals surface area contributed by atoms with Gasteiger partial charge in [0.05, 0.1) is 29.4 Å². The Morgan fingerprint density at radius 1 is 1.31 bits per heavy atom. The van der Waals surface area contributed by atoms with Crippen LogP contribution in [0.4, 0.5) is 0 Å². The lowest BCUT2D eigenvalue weighted by Crippen LogP contribution is -2.31. The molecule has 0 spiro atoms. The molecular formula is C22H24ClN3O2S. The molecule has 5 nitrogen and oxygen atoms in total. The van der Waals surface area contributed by atoms with Crippen LogP contribution in [0, 0.1) is 5.92 Å². The summed E-state index contributed by atoms with van der Waals surface area (Å²) in [6.45, 7) is 1.25. The Kier molecular flexibility index (Phi) is 6.43. The number of amides is 1. The molecule has 1 aromatic heterocycles. The summed E-state index contributed by atoms with van der Waals surface area (Å²) < 4.78 is 7.33. The quantitative estimate of drug-likeness (QED) is 0.501. The van der Waals surface area contributed by atoms with Crippen molar-refractivity contribution in [3.63, 3.8) is 0 Å². The zero-order valence-electron chi connectivity index (χ0n) is 16.3. The number of aromatic nitrogens is 2. The second-order valence-corrected chi connectivity index (χ2v) is 8.63. The van der Waals surface area contributed by atoms with Crippen molar-refractivity contribution in [3.8, 4) is 0 Å². The fourth-order valence-electron chi connectivity index (χ4n) is 3.50. The maximum absolute atomic E-state index is 12.7. The molecule has 3 aromatic rings. The van der Waals surface area contributed by atoms with E-state index >= 15 is 0 Å². The molecule has 29 heavy (non-hydrogen) atoms. The molecule has 1 aliphatic carbocycles. The van der Waals surface area contributed by atoms with E-state index in [-0.39, 0.29) is 11.9 Å². The van der Waals surface area contributed by atoms with E-state index < -0.39 is 0 Å². The highest BCUT2D eigenvalue weighted by Crippen LogP contribution is 2.41. The largest absolute Gasteiger partial charge is 0.383 e. The van der Waals surface area contributed by atoms with Gasteiger partial charge < -0.3 is 14.6 Å². The molecule has 0 saturated heterocycles. The van der Waals surface area contributed by atoms with Crippen LogP contribution < -0.4 is 5.32 Å². The van der Waals surface area contributed by atoms with Gasteiger partial charge in [-0.3, -0.25) is 4.79 Å². The molecule has 1 heterocycles. The van der Waals surface area contributed by atoms with Crippen molar-refractivity contribution in [2.24, 2.45) is 5.92 Å². The first-order chi connectivity index (χ1) is 14.2. The van der Waals surface area contributed by atoms with Crippen molar-refractivity contribution in [2.45, 2.75) is 30.6 Å². The fourth-order valence-corrected chi connectivity index (χ4v) is 4.52. The number of nitrogens with one attached hydrogen (secondary N) is 1.